The number of carbonyl (C=O) groups is 1. The summed E-state index contributed by atoms with van der Waals surface area (Å²) in [7, 11) is -3.60. The molecule has 0 aromatic heterocycles. The minimum absolute atomic E-state index is 0.0825. The number of aryl methyl sites for hydroxylation is 1. The van der Waals surface area contributed by atoms with Gasteiger partial charge in [0.1, 0.15) is 5.75 Å². The largest absolute Gasteiger partial charge is 0.491 e. The molecule has 0 aliphatic carbocycles. The monoisotopic (exact) mass is 416 g/mol. The minimum Gasteiger partial charge on any atom is -0.491 e. The first-order valence-electron chi connectivity index (χ1n) is 9.90. The Labute approximate surface area is 172 Å². The van der Waals surface area contributed by atoms with Gasteiger partial charge in [-0.3, -0.25) is 4.79 Å². The summed E-state index contributed by atoms with van der Waals surface area (Å²) in [5.41, 5.74) is 1.68. The smallest absolute Gasteiger partial charge is 0.243 e. The maximum Gasteiger partial charge on any atom is 0.243 e. The van der Waals surface area contributed by atoms with Crippen LogP contribution in [0, 0.1) is 12.8 Å². The highest BCUT2D eigenvalue weighted by molar-refractivity contribution is 7.89. The fourth-order valence-electron chi connectivity index (χ4n) is 3.37. The lowest BCUT2D eigenvalue weighted by molar-refractivity contribution is -0.120. The van der Waals surface area contributed by atoms with Gasteiger partial charge >= 0.3 is 0 Å². The number of amides is 1. The number of hydrogen-bond acceptors (Lipinski definition) is 4. The van der Waals surface area contributed by atoms with Crippen LogP contribution in [0.2, 0.25) is 0 Å². The Bertz CT molecular complexity index is 938. The summed E-state index contributed by atoms with van der Waals surface area (Å²) in [6.45, 7) is 6.45. The molecule has 1 heterocycles. The third-order valence-electron chi connectivity index (χ3n) is 4.91. The zero-order chi connectivity index (χ0) is 21.0. The van der Waals surface area contributed by atoms with Crippen molar-refractivity contribution in [1.82, 2.24) is 4.31 Å². The topological polar surface area (TPSA) is 75.7 Å². The summed E-state index contributed by atoms with van der Waals surface area (Å²) in [5, 5.41) is 2.90. The Balaban J connectivity index is 1.65. The van der Waals surface area contributed by atoms with E-state index in [1.807, 2.05) is 32.9 Å². The minimum atomic E-state index is -3.60. The maximum atomic E-state index is 12.9. The van der Waals surface area contributed by atoms with Crippen molar-refractivity contribution in [3.63, 3.8) is 0 Å². The first-order chi connectivity index (χ1) is 13.8. The van der Waals surface area contributed by atoms with Crippen molar-refractivity contribution >= 4 is 21.6 Å². The van der Waals surface area contributed by atoms with E-state index in [2.05, 4.69) is 5.32 Å². The Morgan fingerprint density at radius 3 is 2.38 bits per heavy atom. The average Bonchev–Trinajstić information content (AvgIpc) is 2.69. The van der Waals surface area contributed by atoms with Crippen LogP contribution in [0.4, 0.5) is 5.69 Å². The van der Waals surface area contributed by atoms with Crippen molar-refractivity contribution in [2.75, 3.05) is 18.4 Å². The van der Waals surface area contributed by atoms with Crippen molar-refractivity contribution in [2.24, 2.45) is 5.92 Å². The molecule has 3 rings (SSSR count). The van der Waals surface area contributed by atoms with Crippen LogP contribution in [-0.2, 0) is 14.8 Å². The van der Waals surface area contributed by atoms with E-state index in [1.54, 1.807) is 36.4 Å². The second-order valence-electron chi connectivity index (χ2n) is 7.70. The predicted molar refractivity (Wildman–Crippen MR) is 113 cm³/mol. The van der Waals surface area contributed by atoms with Crippen LogP contribution in [-0.4, -0.2) is 37.8 Å². The molecule has 1 N–H and O–H groups in total. The summed E-state index contributed by atoms with van der Waals surface area (Å²) in [4.78, 5) is 13.0. The number of nitrogens with zero attached hydrogens (tertiary/aromatic N) is 1. The Morgan fingerprint density at radius 2 is 1.76 bits per heavy atom. The second kappa shape index (κ2) is 8.97. The number of hydrogen-bond donors (Lipinski definition) is 1. The molecule has 156 valence electrons. The van der Waals surface area contributed by atoms with E-state index in [9.17, 15) is 13.2 Å². The van der Waals surface area contributed by atoms with Crippen LogP contribution in [0.25, 0.3) is 0 Å². The number of nitrogens with one attached hydrogen (secondary N) is 1. The van der Waals surface area contributed by atoms with Gasteiger partial charge in [-0.05, 0) is 70.0 Å². The zero-order valence-corrected chi connectivity index (χ0v) is 17.9. The van der Waals surface area contributed by atoms with Gasteiger partial charge in [0, 0.05) is 18.8 Å². The number of anilines is 1. The Morgan fingerprint density at radius 1 is 1.10 bits per heavy atom. The standard InChI is InChI=1S/C22H28N2O4S/c1-16(2)28-20-10-8-19(9-11-20)23-22(25)18-5-4-14-24(15-18)29(26,27)21-12-6-17(3)7-13-21/h6-13,16,18H,4-5,14-15H2,1-3H3,(H,23,25)/t18-/m0/s1. The lowest BCUT2D eigenvalue weighted by Crippen LogP contribution is -2.43. The summed E-state index contributed by atoms with van der Waals surface area (Å²) in [6.07, 6.45) is 1.41. The van der Waals surface area contributed by atoms with E-state index in [0.29, 0.717) is 25.1 Å². The van der Waals surface area contributed by atoms with Crippen molar-refractivity contribution in [2.45, 2.75) is 44.6 Å². The SMILES string of the molecule is Cc1ccc(S(=O)(=O)N2CCC[C@H](C(=O)Nc3ccc(OC(C)C)cc3)C2)cc1. The molecular weight excluding hydrogens is 388 g/mol. The van der Waals surface area contributed by atoms with Gasteiger partial charge in [0.2, 0.25) is 15.9 Å². The van der Waals surface area contributed by atoms with E-state index in [0.717, 1.165) is 11.3 Å². The first-order valence-corrected chi connectivity index (χ1v) is 11.3. The highest BCUT2D eigenvalue weighted by Gasteiger charge is 2.33. The normalized spacial score (nSPS) is 17.9. The highest BCUT2D eigenvalue weighted by Crippen LogP contribution is 2.25. The lowest BCUT2D eigenvalue weighted by atomic mass is 9.99. The molecule has 1 saturated heterocycles. The third kappa shape index (κ3) is 5.36. The van der Waals surface area contributed by atoms with Gasteiger partial charge in [0.05, 0.1) is 16.9 Å². The van der Waals surface area contributed by atoms with E-state index < -0.39 is 10.0 Å². The predicted octanol–water partition coefficient (Wildman–Crippen LogP) is 3.82. The van der Waals surface area contributed by atoms with Gasteiger partial charge in [-0.25, -0.2) is 8.42 Å². The van der Waals surface area contributed by atoms with Gasteiger partial charge < -0.3 is 10.1 Å². The number of ether oxygens (including phenoxy) is 1. The summed E-state index contributed by atoms with van der Waals surface area (Å²) in [6, 6.07) is 14.0. The van der Waals surface area contributed by atoms with Crippen LogP contribution >= 0.6 is 0 Å². The van der Waals surface area contributed by atoms with E-state index in [-0.39, 0.29) is 29.4 Å². The summed E-state index contributed by atoms with van der Waals surface area (Å²) in [5.74, 6) is 0.202. The van der Waals surface area contributed by atoms with Crippen molar-refractivity contribution in [3.8, 4) is 5.75 Å². The number of rotatable bonds is 6. The molecule has 0 radical (unpaired) electrons. The molecule has 1 aliphatic rings. The molecule has 0 bridgehead atoms. The zero-order valence-electron chi connectivity index (χ0n) is 17.1. The van der Waals surface area contributed by atoms with Crippen LogP contribution < -0.4 is 10.1 Å². The molecule has 1 atom stereocenters. The van der Waals surface area contributed by atoms with Crippen LogP contribution in [0.1, 0.15) is 32.3 Å². The molecule has 29 heavy (non-hydrogen) atoms. The van der Waals surface area contributed by atoms with E-state index in [1.165, 1.54) is 4.31 Å². The fraction of sp³-hybridized carbons (Fsp3) is 0.409. The van der Waals surface area contributed by atoms with Gasteiger partial charge in [-0.1, -0.05) is 17.7 Å². The van der Waals surface area contributed by atoms with Gasteiger partial charge in [-0.2, -0.15) is 4.31 Å². The number of carbonyl (C=O) groups excluding carboxylic acids is 1. The second-order valence-corrected chi connectivity index (χ2v) is 9.63. The highest BCUT2D eigenvalue weighted by atomic mass is 32.2. The van der Waals surface area contributed by atoms with Crippen LogP contribution in [0.15, 0.2) is 53.4 Å². The van der Waals surface area contributed by atoms with E-state index in [4.69, 9.17) is 4.74 Å². The van der Waals surface area contributed by atoms with Crippen molar-refractivity contribution in [1.29, 1.82) is 0 Å². The average molecular weight is 417 g/mol. The van der Waals surface area contributed by atoms with Crippen LogP contribution in [0.3, 0.4) is 0 Å². The van der Waals surface area contributed by atoms with Crippen molar-refractivity contribution in [3.05, 3.63) is 54.1 Å². The molecule has 0 saturated carbocycles. The molecule has 2 aromatic rings. The van der Waals surface area contributed by atoms with E-state index >= 15 is 0 Å². The first kappa shape index (κ1) is 21.3. The molecule has 0 spiro atoms. The number of benzene rings is 2. The molecular formula is C22H28N2O4S. The molecule has 6 nitrogen and oxygen atoms in total. The van der Waals surface area contributed by atoms with Gasteiger partial charge in [0.25, 0.3) is 0 Å². The van der Waals surface area contributed by atoms with Gasteiger partial charge in [0.15, 0.2) is 0 Å². The summed E-state index contributed by atoms with van der Waals surface area (Å²) >= 11 is 0. The van der Waals surface area contributed by atoms with Crippen molar-refractivity contribution < 1.29 is 17.9 Å². The van der Waals surface area contributed by atoms with Crippen LogP contribution in [0.5, 0.6) is 5.75 Å². The molecule has 1 aliphatic heterocycles. The Kier molecular flexibility index (Phi) is 6.59. The lowest BCUT2D eigenvalue weighted by Gasteiger charge is -2.31. The number of sulfonamides is 1. The molecule has 1 amide bonds. The third-order valence-corrected chi connectivity index (χ3v) is 6.79. The summed E-state index contributed by atoms with van der Waals surface area (Å²) < 4.78 is 32.9. The molecule has 1 fully saturated rings. The molecule has 2 aromatic carbocycles. The maximum absolute atomic E-state index is 12.9. The number of piperidine rings is 1. The molecule has 0 unspecified atom stereocenters. The Hall–Kier alpha value is -2.38. The fourth-order valence-corrected chi connectivity index (χ4v) is 4.89. The molecule has 7 heteroatoms. The quantitative estimate of drug-likeness (QED) is 0.777. The van der Waals surface area contributed by atoms with Gasteiger partial charge in [-0.15, -0.1) is 0 Å².